The third kappa shape index (κ3) is 37.8. The summed E-state index contributed by atoms with van der Waals surface area (Å²) < 4.78 is 11.9. The van der Waals surface area contributed by atoms with Crippen LogP contribution in [0.25, 0.3) is 0 Å². The first-order valence-electron chi connectivity index (χ1n) is 16.6. The van der Waals surface area contributed by atoms with Gasteiger partial charge in [-0.1, -0.05) is 164 Å². The Hall–Kier alpha value is 1.75. The summed E-state index contributed by atoms with van der Waals surface area (Å²) in [5.74, 6) is 2.53. The molecule has 0 fully saturated rings. The minimum Gasteiger partial charge on any atom is -0.424 e. The SMILES string of the molecule is CCCCCCCCCCCCCO[SiH2]CCSSSSCC[SiH2]OCCCCCCCCCCCCC. The van der Waals surface area contributed by atoms with Crippen molar-refractivity contribution in [1.82, 2.24) is 0 Å². The van der Waals surface area contributed by atoms with Crippen LogP contribution in [-0.2, 0) is 8.85 Å². The zero-order chi connectivity index (χ0) is 27.5. The van der Waals surface area contributed by atoms with Crippen molar-refractivity contribution in [3.05, 3.63) is 0 Å². The number of rotatable bonds is 35. The zero-order valence-corrected chi connectivity index (χ0v) is 31.8. The van der Waals surface area contributed by atoms with Crippen molar-refractivity contribution in [3.8, 4) is 0 Å². The molecule has 0 aromatic heterocycles. The van der Waals surface area contributed by atoms with Gasteiger partial charge >= 0.3 is 0 Å². The maximum Gasteiger partial charge on any atom is 0.162 e. The molecule has 0 rings (SSSR count). The molecule has 0 spiro atoms. The van der Waals surface area contributed by atoms with Gasteiger partial charge < -0.3 is 8.85 Å². The van der Waals surface area contributed by atoms with E-state index in [1.54, 1.807) is 0 Å². The maximum absolute atomic E-state index is 5.96. The summed E-state index contributed by atoms with van der Waals surface area (Å²) in [4.78, 5) is 0. The van der Waals surface area contributed by atoms with Crippen LogP contribution in [0, 0.1) is 0 Å². The molecule has 0 saturated carbocycles. The van der Waals surface area contributed by atoms with E-state index in [9.17, 15) is 0 Å². The Bertz CT molecular complexity index is 376. The number of hydrogen-bond donors (Lipinski definition) is 0. The number of hydrogen-bond acceptors (Lipinski definition) is 6. The standard InChI is InChI=1S/C30H66O2S4Si2/c1-3-5-7-9-11-13-15-17-19-21-23-25-31-37-29-27-33-35-36-34-28-30-38-32-26-24-22-20-18-16-14-12-10-8-6-4-2/h3-30,37-38H2,1-2H3. The normalized spacial score (nSPS) is 12.2. The van der Waals surface area contributed by atoms with Crippen LogP contribution in [0.15, 0.2) is 0 Å². The summed E-state index contributed by atoms with van der Waals surface area (Å²) >= 11 is 0. The van der Waals surface area contributed by atoms with E-state index in [1.165, 1.54) is 165 Å². The molecule has 0 aliphatic rings. The lowest BCUT2D eigenvalue weighted by molar-refractivity contribution is 0.320. The van der Waals surface area contributed by atoms with Crippen molar-refractivity contribution in [2.45, 2.75) is 167 Å². The van der Waals surface area contributed by atoms with Crippen LogP contribution in [0.1, 0.15) is 155 Å². The molecule has 0 unspecified atom stereocenters. The number of unbranched alkanes of at least 4 members (excludes halogenated alkanes) is 20. The van der Waals surface area contributed by atoms with E-state index in [2.05, 4.69) is 13.8 Å². The Morgan fingerprint density at radius 1 is 0.395 bits per heavy atom. The van der Waals surface area contributed by atoms with Gasteiger partial charge in [-0.25, -0.2) is 0 Å². The second-order valence-corrected chi connectivity index (χ2v) is 20.1. The van der Waals surface area contributed by atoms with Gasteiger partial charge in [0.15, 0.2) is 19.5 Å². The molecule has 0 saturated heterocycles. The van der Waals surface area contributed by atoms with Crippen molar-refractivity contribution in [3.63, 3.8) is 0 Å². The van der Waals surface area contributed by atoms with Gasteiger partial charge in [0, 0.05) is 24.7 Å². The molecule has 8 heteroatoms. The van der Waals surface area contributed by atoms with Crippen LogP contribution in [-0.4, -0.2) is 44.2 Å². The van der Waals surface area contributed by atoms with Gasteiger partial charge in [-0.3, -0.25) is 0 Å². The highest BCUT2D eigenvalue weighted by Crippen LogP contribution is 2.43. The lowest BCUT2D eigenvalue weighted by Crippen LogP contribution is -2.01. The largest absolute Gasteiger partial charge is 0.424 e. The fourth-order valence-electron chi connectivity index (χ4n) is 4.49. The van der Waals surface area contributed by atoms with Crippen LogP contribution in [0.3, 0.4) is 0 Å². The molecule has 0 bridgehead atoms. The molecule has 0 aliphatic carbocycles. The van der Waals surface area contributed by atoms with Crippen LogP contribution < -0.4 is 0 Å². The highest BCUT2D eigenvalue weighted by molar-refractivity contribution is 9.26. The van der Waals surface area contributed by atoms with E-state index in [0.29, 0.717) is 0 Å². The molecule has 0 aliphatic heterocycles. The fraction of sp³-hybridized carbons (Fsp3) is 1.00. The summed E-state index contributed by atoms with van der Waals surface area (Å²) in [6.07, 6.45) is 31.1. The molecule has 0 amide bonds. The maximum atomic E-state index is 5.96. The zero-order valence-electron chi connectivity index (χ0n) is 25.7. The Morgan fingerprint density at radius 3 is 1.00 bits per heavy atom. The van der Waals surface area contributed by atoms with E-state index in [4.69, 9.17) is 8.85 Å². The smallest absolute Gasteiger partial charge is 0.162 e. The van der Waals surface area contributed by atoms with Crippen molar-refractivity contribution >= 4 is 60.8 Å². The summed E-state index contributed by atoms with van der Waals surface area (Å²) in [5, 5.41) is 0. The molecule has 0 radical (unpaired) electrons. The van der Waals surface area contributed by atoms with Crippen LogP contribution in [0.5, 0.6) is 0 Å². The first-order chi connectivity index (χ1) is 18.9. The molecular formula is C30H66O2S4Si2. The minimum absolute atomic E-state index is 0.278. The van der Waals surface area contributed by atoms with Gasteiger partial charge in [-0.05, 0) is 44.6 Å². The van der Waals surface area contributed by atoms with E-state index in [1.807, 2.05) is 41.2 Å². The summed E-state index contributed by atoms with van der Waals surface area (Å²) in [5.41, 5.74) is 0. The summed E-state index contributed by atoms with van der Waals surface area (Å²) in [6.45, 7) is 6.64. The molecule has 230 valence electrons. The first-order valence-corrected chi connectivity index (χ1v) is 25.0. The summed E-state index contributed by atoms with van der Waals surface area (Å²) in [7, 11) is 7.42. The third-order valence-electron chi connectivity index (χ3n) is 6.94. The lowest BCUT2D eigenvalue weighted by Gasteiger charge is -2.05. The van der Waals surface area contributed by atoms with E-state index >= 15 is 0 Å². The van der Waals surface area contributed by atoms with E-state index in [-0.39, 0.29) is 19.5 Å². The van der Waals surface area contributed by atoms with Gasteiger partial charge in [-0.15, -0.1) is 0 Å². The van der Waals surface area contributed by atoms with E-state index < -0.39 is 0 Å². The highest BCUT2D eigenvalue weighted by atomic mass is 33.7. The predicted octanol–water partition coefficient (Wildman–Crippen LogP) is 11.3. The molecule has 38 heavy (non-hydrogen) atoms. The van der Waals surface area contributed by atoms with Crippen LogP contribution in [0.2, 0.25) is 12.1 Å². The first kappa shape index (κ1) is 39.8. The molecule has 0 aromatic carbocycles. The van der Waals surface area contributed by atoms with Gasteiger partial charge in [0.2, 0.25) is 0 Å². The van der Waals surface area contributed by atoms with Crippen LogP contribution in [0.4, 0.5) is 0 Å². The second-order valence-electron chi connectivity index (χ2n) is 10.8. The van der Waals surface area contributed by atoms with Crippen molar-refractivity contribution < 1.29 is 8.85 Å². The Morgan fingerprint density at radius 2 is 0.684 bits per heavy atom. The molecule has 0 aromatic rings. The summed E-state index contributed by atoms with van der Waals surface area (Å²) in [6, 6.07) is 2.64. The van der Waals surface area contributed by atoms with Crippen molar-refractivity contribution in [2.75, 3.05) is 24.7 Å². The van der Waals surface area contributed by atoms with Gasteiger partial charge in [-0.2, -0.15) is 0 Å². The minimum atomic E-state index is -0.278. The van der Waals surface area contributed by atoms with E-state index in [0.717, 1.165) is 13.2 Å². The predicted molar refractivity (Wildman–Crippen MR) is 192 cm³/mol. The Balaban J connectivity index is 3.01. The highest BCUT2D eigenvalue weighted by Gasteiger charge is 1.98. The lowest BCUT2D eigenvalue weighted by atomic mass is 10.1. The molecule has 0 N–H and O–H groups in total. The monoisotopic (exact) mass is 642 g/mol. The fourth-order valence-corrected chi connectivity index (χ4v) is 14.6. The van der Waals surface area contributed by atoms with Crippen molar-refractivity contribution in [1.29, 1.82) is 0 Å². The molecular weight excluding hydrogens is 577 g/mol. The van der Waals surface area contributed by atoms with Crippen molar-refractivity contribution in [2.24, 2.45) is 0 Å². The topological polar surface area (TPSA) is 18.5 Å². The Kier molecular flexibility index (Phi) is 40.5. The molecule has 0 heterocycles. The average molecular weight is 643 g/mol. The second kappa shape index (κ2) is 38.8. The molecule has 2 nitrogen and oxygen atoms in total. The molecule has 0 atom stereocenters. The van der Waals surface area contributed by atoms with Gasteiger partial charge in [0.25, 0.3) is 0 Å². The average Bonchev–Trinajstić information content (AvgIpc) is 2.93. The third-order valence-corrected chi connectivity index (χ3v) is 17.0. The van der Waals surface area contributed by atoms with Crippen LogP contribution >= 0.6 is 41.2 Å². The quantitative estimate of drug-likeness (QED) is 0.0386. The Labute approximate surface area is 260 Å². The van der Waals surface area contributed by atoms with Gasteiger partial charge in [0.1, 0.15) is 0 Å². The van der Waals surface area contributed by atoms with Gasteiger partial charge in [0.05, 0.1) is 0 Å².